The van der Waals surface area contributed by atoms with Crippen LogP contribution in [0.1, 0.15) is 31.4 Å². The van der Waals surface area contributed by atoms with E-state index in [0.717, 1.165) is 17.5 Å². The summed E-state index contributed by atoms with van der Waals surface area (Å²) < 4.78 is 25.3. The maximum absolute atomic E-state index is 12.6. The summed E-state index contributed by atoms with van der Waals surface area (Å²) in [4.78, 5) is 24.7. The van der Waals surface area contributed by atoms with Crippen LogP contribution in [0.3, 0.4) is 0 Å². The van der Waals surface area contributed by atoms with Gasteiger partial charge in [0.25, 0.3) is 0 Å². The van der Waals surface area contributed by atoms with E-state index < -0.39 is 32.7 Å². The summed E-state index contributed by atoms with van der Waals surface area (Å²) in [7, 11) is -3.96. The van der Waals surface area contributed by atoms with Gasteiger partial charge >= 0.3 is 0 Å². The maximum Gasteiger partial charge on any atom is 0.242 e. The van der Waals surface area contributed by atoms with Crippen molar-refractivity contribution in [2.75, 3.05) is 16.4 Å². The summed E-state index contributed by atoms with van der Waals surface area (Å²) >= 11 is 0. The van der Waals surface area contributed by atoms with Crippen LogP contribution in [0.5, 0.6) is 0 Å². The summed E-state index contributed by atoms with van der Waals surface area (Å²) in [5, 5.41) is 3.90. The van der Waals surface area contributed by atoms with Crippen molar-refractivity contribution in [2.45, 2.75) is 38.9 Å². The number of nitrogens with one attached hydrogen (secondary N) is 2. The van der Waals surface area contributed by atoms with E-state index in [2.05, 4.69) is 10.6 Å². The molecule has 0 spiro atoms. The standard InChI is InChI=1S/C21H26N2O4S/c1-4-16-8-12-18(13-9-16)23-21(25)19(5-2)28(26,27)14-20(24)22-17-10-6-15(3)7-11-17/h6-13,19H,4-5,14H2,1-3H3,(H,22,24)(H,23,25). The number of carbonyl (C=O) groups is 2. The molecule has 2 amide bonds. The molecule has 0 aliphatic rings. The number of sulfone groups is 1. The minimum absolute atomic E-state index is 0.0824. The van der Waals surface area contributed by atoms with Gasteiger partial charge in [-0.25, -0.2) is 8.42 Å². The molecule has 1 atom stereocenters. The number of aryl methyl sites for hydroxylation is 2. The lowest BCUT2D eigenvalue weighted by Crippen LogP contribution is -2.39. The fourth-order valence-electron chi connectivity index (χ4n) is 2.77. The maximum atomic E-state index is 12.6. The minimum atomic E-state index is -3.96. The smallest absolute Gasteiger partial charge is 0.242 e. The van der Waals surface area contributed by atoms with E-state index in [1.165, 1.54) is 0 Å². The van der Waals surface area contributed by atoms with Crippen molar-refractivity contribution in [1.82, 2.24) is 0 Å². The third-order valence-corrected chi connectivity index (χ3v) is 6.47. The highest BCUT2D eigenvalue weighted by Crippen LogP contribution is 2.15. The van der Waals surface area contributed by atoms with Crippen molar-refractivity contribution < 1.29 is 18.0 Å². The van der Waals surface area contributed by atoms with Crippen LogP contribution in [0.15, 0.2) is 48.5 Å². The van der Waals surface area contributed by atoms with Crippen molar-refractivity contribution in [3.05, 3.63) is 59.7 Å². The second-order valence-electron chi connectivity index (χ2n) is 6.66. The summed E-state index contributed by atoms with van der Waals surface area (Å²) in [6, 6.07) is 14.3. The number of amides is 2. The van der Waals surface area contributed by atoms with Crippen LogP contribution < -0.4 is 10.6 Å². The van der Waals surface area contributed by atoms with Gasteiger partial charge in [-0.3, -0.25) is 9.59 Å². The molecule has 28 heavy (non-hydrogen) atoms. The van der Waals surface area contributed by atoms with Crippen LogP contribution in [0.2, 0.25) is 0 Å². The Bertz CT molecular complexity index is 920. The Hall–Kier alpha value is -2.67. The van der Waals surface area contributed by atoms with Crippen molar-refractivity contribution in [3.63, 3.8) is 0 Å². The fourth-order valence-corrected chi connectivity index (χ4v) is 4.30. The first-order valence-electron chi connectivity index (χ1n) is 9.23. The van der Waals surface area contributed by atoms with Crippen LogP contribution >= 0.6 is 0 Å². The zero-order valence-electron chi connectivity index (χ0n) is 16.4. The molecule has 0 heterocycles. The molecule has 7 heteroatoms. The van der Waals surface area contributed by atoms with Gasteiger partial charge in [0.05, 0.1) is 0 Å². The number of benzene rings is 2. The number of anilines is 2. The Morgan fingerprint density at radius 1 is 0.893 bits per heavy atom. The Labute approximate surface area is 166 Å². The molecule has 0 radical (unpaired) electrons. The molecule has 2 aromatic rings. The van der Waals surface area contributed by atoms with Crippen molar-refractivity contribution in [1.29, 1.82) is 0 Å². The van der Waals surface area contributed by atoms with E-state index in [0.29, 0.717) is 11.4 Å². The zero-order chi connectivity index (χ0) is 20.7. The molecule has 0 aliphatic heterocycles. The zero-order valence-corrected chi connectivity index (χ0v) is 17.2. The SMILES string of the molecule is CCc1ccc(NC(=O)C(CC)S(=O)(=O)CC(=O)Nc2ccc(C)cc2)cc1. The fraction of sp³-hybridized carbons (Fsp3) is 0.333. The van der Waals surface area contributed by atoms with E-state index in [1.54, 1.807) is 31.2 Å². The molecule has 0 saturated heterocycles. The van der Waals surface area contributed by atoms with Gasteiger partial charge in [-0.2, -0.15) is 0 Å². The van der Waals surface area contributed by atoms with Crippen LogP contribution in [0.4, 0.5) is 11.4 Å². The summed E-state index contributed by atoms with van der Waals surface area (Å²) in [5.41, 5.74) is 3.19. The van der Waals surface area contributed by atoms with Gasteiger partial charge in [-0.1, -0.05) is 43.7 Å². The van der Waals surface area contributed by atoms with Gasteiger partial charge in [0.15, 0.2) is 9.84 Å². The van der Waals surface area contributed by atoms with Crippen LogP contribution in [-0.2, 0) is 25.8 Å². The highest BCUT2D eigenvalue weighted by Gasteiger charge is 2.33. The van der Waals surface area contributed by atoms with Gasteiger partial charge < -0.3 is 10.6 Å². The lowest BCUT2D eigenvalue weighted by Gasteiger charge is -2.16. The molecule has 0 saturated carbocycles. The second kappa shape index (κ2) is 9.50. The summed E-state index contributed by atoms with van der Waals surface area (Å²) in [6.45, 7) is 5.55. The third-order valence-electron chi connectivity index (χ3n) is 4.39. The van der Waals surface area contributed by atoms with E-state index >= 15 is 0 Å². The highest BCUT2D eigenvalue weighted by atomic mass is 32.2. The van der Waals surface area contributed by atoms with Crippen molar-refractivity contribution >= 4 is 33.0 Å². The van der Waals surface area contributed by atoms with Gasteiger partial charge in [0, 0.05) is 11.4 Å². The first kappa shape index (κ1) is 21.6. The Morgan fingerprint density at radius 2 is 1.43 bits per heavy atom. The molecule has 2 aromatic carbocycles. The second-order valence-corrected chi connectivity index (χ2v) is 8.84. The normalized spacial score (nSPS) is 12.2. The van der Waals surface area contributed by atoms with E-state index in [4.69, 9.17) is 0 Å². The van der Waals surface area contributed by atoms with Gasteiger partial charge in [0.2, 0.25) is 11.8 Å². The molecular weight excluding hydrogens is 376 g/mol. The first-order chi connectivity index (χ1) is 13.2. The van der Waals surface area contributed by atoms with Crippen LogP contribution in [-0.4, -0.2) is 31.2 Å². The van der Waals surface area contributed by atoms with E-state index in [9.17, 15) is 18.0 Å². The molecule has 1 unspecified atom stereocenters. The predicted molar refractivity (Wildman–Crippen MR) is 112 cm³/mol. The Balaban J connectivity index is 2.04. The topological polar surface area (TPSA) is 92.3 Å². The monoisotopic (exact) mass is 402 g/mol. The molecular formula is C21H26N2O4S. The number of hydrogen-bond donors (Lipinski definition) is 2. The molecule has 2 N–H and O–H groups in total. The number of rotatable bonds is 8. The van der Waals surface area contributed by atoms with Crippen molar-refractivity contribution in [3.8, 4) is 0 Å². The lowest BCUT2D eigenvalue weighted by molar-refractivity contribution is -0.115. The van der Waals surface area contributed by atoms with Crippen LogP contribution in [0, 0.1) is 6.92 Å². The molecule has 0 aromatic heterocycles. The highest BCUT2D eigenvalue weighted by molar-refractivity contribution is 7.93. The molecule has 0 bridgehead atoms. The van der Waals surface area contributed by atoms with Gasteiger partial charge in [-0.05, 0) is 49.6 Å². The van der Waals surface area contributed by atoms with E-state index in [1.807, 2.05) is 38.1 Å². The number of carbonyl (C=O) groups excluding carboxylic acids is 2. The largest absolute Gasteiger partial charge is 0.325 e. The van der Waals surface area contributed by atoms with Crippen molar-refractivity contribution in [2.24, 2.45) is 0 Å². The molecule has 0 fully saturated rings. The summed E-state index contributed by atoms with van der Waals surface area (Å²) in [5.74, 6) is -2.04. The third kappa shape index (κ3) is 5.92. The average molecular weight is 403 g/mol. The minimum Gasteiger partial charge on any atom is -0.325 e. The first-order valence-corrected chi connectivity index (χ1v) is 10.9. The number of hydrogen-bond acceptors (Lipinski definition) is 4. The Morgan fingerprint density at radius 3 is 1.96 bits per heavy atom. The van der Waals surface area contributed by atoms with Crippen LogP contribution in [0.25, 0.3) is 0 Å². The average Bonchev–Trinajstić information content (AvgIpc) is 2.64. The lowest BCUT2D eigenvalue weighted by atomic mass is 10.1. The van der Waals surface area contributed by atoms with Gasteiger partial charge in [0.1, 0.15) is 11.0 Å². The molecule has 150 valence electrons. The molecule has 6 nitrogen and oxygen atoms in total. The molecule has 0 aliphatic carbocycles. The molecule has 2 rings (SSSR count). The van der Waals surface area contributed by atoms with Gasteiger partial charge in [-0.15, -0.1) is 0 Å². The predicted octanol–water partition coefficient (Wildman–Crippen LogP) is 3.33. The van der Waals surface area contributed by atoms with E-state index in [-0.39, 0.29) is 6.42 Å². The Kier molecular flexibility index (Phi) is 7.34. The quantitative estimate of drug-likeness (QED) is 0.708. The summed E-state index contributed by atoms with van der Waals surface area (Å²) in [6.07, 6.45) is 0.954.